The van der Waals surface area contributed by atoms with Gasteiger partial charge in [0.25, 0.3) is 0 Å². The molecule has 11 heteroatoms. The summed E-state index contributed by atoms with van der Waals surface area (Å²) in [7, 11) is -3.97. The fraction of sp³-hybridized carbons (Fsp3) is 0.316. The maximum absolute atomic E-state index is 12.9. The van der Waals surface area contributed by atoms with Crippen LogP contribution in [0.4, 0.5) is 18.9 Å². The van der Waals surface area contributed by atoms with Crippen molar-refractivity contribution in [3.63, 3.8) is 0 Å². The van der Waals surface area contributed by atoms with Crippen molar-refractivity contribution < 1.29 is 26.4 Å². The predicted molar refractivity (Wildman–Crippen MR) is 114 cm³/mol. The third-order valence-corrected chi connectivity index (χ3v) is 6.45. The molecular formula is C19H20ClF3N2O3S2. The van der Waals surface area contributed by atoms with E-state index in [9.17, 15) is 26.4 Å². The number of rotatable bonds is 9. The number of benzene rings is 2. The van der Waals surface area contributed by atoms with Gasteiger partial charge in [-0.25, -0.2) is 8.42 Å². The molecular weight excluding hydrogens is 461 g/mol. The molecule has 0 aliphatic heterocycles. The first-order valence-electron chi connectivity index (χ1n) is 8.71. The molecule has 30 heavy (non-hydrogen) atoms. The van der Waals surface area contributed by atoms with Gasteiger partial charge < -0.3 is 5.32 Å². The van der Waals surface area contributed by atoms with Crippen molar-refractivity contribution in [3.05, 3.63) is 64.7 Å². The van der Waals surface area contributed by atoms with E-state index in [2.05, 4.69) is 5.32 Å². The van der Waals surface area contributed by atoms with E-state index in [1.807, 2.05) is 18.2 Å². The van der Waals surface area contributed by atoms with Crippen molar-refractivity contribution in [1.29, 1.82) is 0 Å². The number of amides is 1. The standard InChI is InChI=1S/C19H20ClF3N2O3S2/c1-30(27,28)25(16-7-4-6-15(11-16)19(21,22)23)12-18(26)24-9-10-29-13-14-5-2-3-8-17(14)20/h2-8,11H,9-10,12-13H2,1H3,(H,24,26). The van der Waals surface area contributed by atoms with Gasteiger partial charge in [0.2, 0.25) is 15.9 Å². The number of halogens is 4. The topological polar surface area (TPSA) is 66.5 Å². The molecule has 164 valence electrons. The SMILES string of the molecule is CS(=O)(=O)N(CC(=O)NCCSCc1ccccc1Cl)c1cccc(C(F)(F)F)c1. The molecule has 0 saturated heterocycles. The fourth-order valence-corrected chi connectivity index (χ4v) is 4.48. The second-order valence-electron chi connectivity index (χ2n) is 6.31. The average Bonchev–Trinajstić information content (AvgIpc) is 2.66. The highest BCUT2D eigenvalue weighted by Crippen LogP contribution is 2.32. The Morgan fingerprint density at radius 3 is 2.50 bits per heavy atom. The largest absolute Gasteiger partial charge is 0.416 e. The number of alkyl halides is 3. The Labute approximate surface area is 182 Å². The lowest BCUT2D eigenvalue weighted by atomic mass is 10.2. The average molecular weight is 481 g/mol. The van der Waals surface area contributed by atoms with E-state index in [-0.39, 0.29) is 12.2 Å². The molecule has 0 saturated carbocycles. The summed E-state index contributed by atoms with van der Waals surface area (Å²) >= 11 is 7.60. The van der Waals surface area contributed by atoms with E-state index in [4.69, 9.17) is 11.6 Å². The van der Waals surface area contributed by atoms with Crippen molar-refractivity contribution in [2.45, 2.75) is 11.9 Å². The quantitative estimate of drug-likeness (QED) is 0.547. The molecule has 0 fully saturated rings. The summed E-state index contributed by atoms with van der Waals surface area (Å²) in [4.78, 5) is 12.2. The maximum atomic E-state index is 12.9. The van der Waals surface area contributed by atoms with Gasteiger partial charge in [0.15, 0.2) is 0 Å². The highest BCUT2D eigenvalue weighted by atomic mass is 35.5. The number of carbonyl (C=O) groups excluding carboxylic acids is 1. The van der Waals surface area contributed by atoms with Crippen LogP contribution in [0.5, 0.6) is 0 Å². The van der Waals surface area contributed by atoms with Crippen LogP contribution in [0.25, 0.3) is 0 Å². The van der Waals surface area contributed by atoms with Crippen LogP contribution in [-0.2, 0) is 26.7 Å². The van der Waals surface area contributed by atoms with Crippen LogP contribution in [0.15, 0.2) is 48.5 Å². The van der Waals surface area contributed by atoms with Gasteiger partial charge in [-0.2, -0.15) is 24.9 Å². The Morgan fingerprint density at radius 1 is 1.17 bits per heavy atom. The van der Waals surface area contributed by atoms with Gasteiger partial charge in [-0.15, -0.1) is 0 Å². The van der Waals surface area contributed by atoms with Crippen LogP contribution < -0.4 is 9.62 Å². The molecule has 1 N–H and O–H groups in total. The lowest BCUT2D eigenvalue weighted by molar-refractivity contribution is -0.137. The Balaban J connectivity index is 1.93. The van der Waals surface area contributed by atoms with Gasteiger partial charge in [-0.3, -0.25) is 9.10 Å². The summed E-state index contributed by atoms with van der Waals surface area (Å²) in [5, 5.41) is 3.23. The highest BCUT2D eigenvalue weighted by Gasteiger charge is 2.31. The molecule has 5 nitrogen and oxygen atoms in total. The lowest BCUT2D eigenvalue weighted by Crippen LogP contribution is -2.41. The lowest BCUT2D eigenvalue weighted by Gasteiger charge is -2.22. The summed E-state index contributed by atoms with van der Waals surface area (Å²) in [5.41, 5.74) is -0.260. The number of carbonyl (C=O) groups is 1. The molecule has 2 rings (SSSR count). The van der Waals surface area contributed by atoms with Crippen molar-refractivity contribution in [1.82, 2.24) is 5.32 Å². The molecule has 0 bridgehead atoms. The van der Waals surface area contributed by atoms with Crippen LogP contribution in [0, 0.1) is 0 Å². The van der Waals surface area contributed by atoms with E-state index >= 15 is 0 Å². The van der Waals surface area contributed by atoms with Crippen molar-refractivity contribution in [2.24, 2.45) is 0 Å². The molecule has 0 radical (unpaired) electrons. The first-order chi connectivity index (χ1) is 14.0. The molecule has 2 aromatic rings. The number of nitrogens with zero attached hydrogens (tertiary/aromatic N) is 1. The Kier molecular flexibility index (Phi) is 8.45. The van der Waals surface area contributed by atoms with Gasteiger partial charge in [0.05, 0.1) is 17.5 Å². The minimum atomic E-state index is -4.62. The first kappa shape index (κ1) is 24.4. The third-order valence-electron chi connectivity index (χ3n) is 3.93. The zero-order valence-electron chi connectivity index (χ0n) is 15.9. The first-order valence-corrected chi connectivity index (χ1v) is 12.1. The van der Waals surface area contributed by atoms with Crippen molar-refractivity contribution in [3.8, 4) is 0 Å². The van der Waals surface area contributed by atoms with E-state index in [1.165, 1.54) is 17.8 Å². The Bertz CT molecular complexity index is 985. The highest BCUT2D eigenvalue weighted by molar-refractivity contribution is 7.98. The third kappa shape index (κ3) is 7.41. The molecule has 0 aromatic heterocycles. The van der Waals surface area contributed by atoms with Gasteiger partial charge >= 0.3 is 6.18 Å². The minimum absolute atomic E-state index is 0.226. The number of sulfonamides is 1. The number of nitrogens with one attached hydrogen (secondary N) is 1. The second kappa shape index (κ2) is 10.4. The van der Waals surface area contributed by atoms with Gasteiger partial charge in [-0.1, -0.05) is 35.9 Å². The van der Waals surface area contributed by atoms with Crippen LogP contribution in [0.2, 0.25) is 5.02 Å². The van der Waals surface area contributed by atoms with E-state index < -0.39 is 34.2 Å². The summed E-state index contributed by atoms with van der Waals surface area (Å²) in [6.07, 6.45) is -3.79. The van der Waals surface area contributed by atoms with Crippen LogP contribution >= 0.6 is 23.4 Å². The molecule has 0 aliphatic carbocycles. The number of thioether (sulfide) groups is 1. The van der Waals surface area contributed by atoms with E-state index in [0.717, 1.165) is 24.0 Å². The Morgan fingerprint density at radius 2 is 1.87 bits per heavy atom. The molecule has 1 amide bonds. The van der Waals surface area contributed by atoms with Crippen molar-refractivity contribution in [2.75, 3.05) is 29.4 Å². The molecule has 2 aromatic carbocycles. The summed E-state index contributed by atoms with van der Waals surface area (Å²) in [6.45, 7) is -0.344. The van der Waals surface area contributed by atoms with Crippen LogP contribution in [0.1, 0.15) is 11.1 Å². The minimum Gasteiger partial charge on any atom is -0.354 e. The molecule has 0 aliphatic rings. The molecule has 0 heterocycles. The van der Waals surface area contributed by atoms with Crippen LogP contribution in [0.3, 0.4) is 0 Å². The van der Waals surface area contributed by atoms with Gasteiger partial charge in [0, 0.05) is 23.1 Å². The van der Waals surface area contributed by atoms with Crippen LogP contribution in [-0.4, -0.2) is 39.4 Å². The van der Waals surface area contributed by atoms with Crippen molar-refractivity contribution >= 4 is 45.0 Å². The monoisotopic (exact) mass is 480 g/mol. The molecule has 0 spiro atoms. The summed E-state index contributed by atoms with van der Waals surface area (Å²) in [5.74, 6) is 0.588. The van der Waals surface area contributed by atoms with E-state index in [1.54, 1.807) is 6.07 Å². The molecule has 0 atom stereocenters. The predicted octanol–water partition coefficient (Wildman–Crippen LogP) is 4.17. The second-order valence-corrected chi connectivity index (χ2v) is 9.73. The van der Waals surface area contributed by atoms with Gasteiger partial charge in [0.1, 0.15) is 6.54 Å². The zero-order valence-corrected chi connectivity index (χ0v) is 18.3. The smallest absolute Gasteiger partial charge is 0.354 e. The number of anilines is 1. The zero-order chi connectivity index (χ0) is 22.4. The summed E-state index contributed by atoms with van der Waals surface area (Å²) in [6, 6.07) is 11.2. The van der Waals surface area contributed by atoms with Gasteiger partial charge in [-0.05, 0) is 29.8 Å². The molecule has 0 unspecified atom stereocenters. The van der Waals surface area contributed by atoms with E-state index in [0.29, 0.717) is 26.9 Å². The number of hydrogen-bond donors (Lipinski definition) is 1. The fourth-order valence-electron chi connectivity index (χ4n) is 2.48. The number of hydrogen-bond acceptors (Lipinski definition) is 4. The maximum Gasteiger partial charge on any atom is 0.416 e. The Hall–Kier alpha value is -1.91. The summed E-state index contributed by atoms with van der Waals surface area (Å²) < 4.78 is 63.5. The normalized spacial score (nSPS) is 11.9.